The van der Waals surface area contributed by atoms with E-state index in [0.29, 0.717) is 0 Å². The molecule has 1 aromatic rings. The van der Waals surface area contributed by atoms with Crippen molar-refractivity contribution in [1.29, 1.82) is 0 Å². The number of nitrogens with zero attached hydrogens (tertiary/aromatic N) is 1. The number of allylic oxidation sites excluding steroid dienone is 1. The van der Waals surface area contributed by atoms with Crippen LogP contribution in [-0.2, 0) is 6.54 Å². The predicted octanol–water partition coefficient (Wildman–Crippen LogP) is 3.29. The summed E-state index contributed by atoms with van der Waals surface area (Å²) in [6.07, 6.45) is 10.5. The van der Waals surface area contributed by atoms with Crippen LogP contribution in [0.2, 0.25) is 0 Å². The van der Waals surface area contributed by atoms with Crippen molar-refractivity contribution in [3.05, 3.63) is 36.7 Å². The zero-order valence-electron chi connectivity index (χ0n) is 9.52. The van der Waals surface area contributed by atoms with Crippen molar-refractivity contribution in [2.24, 2.45) is 0 Å². The molecule has 1 aromatic heterocycles. The lowest BCUT2D eigenvalue weighted by Crippen LogP contribution is -1.95. The van der Waals surface area contributed by atoms with Crippen LogP contribution in [0.15, 0.2) is 31.1 Å². The van der Waals surface area contributed by atoms with Gasteiger partial charge < -0.3 is 9.67 Å². The Labute approximate surface area is 92.2 Å². The molecule has 0 bridgehead atoms. The highest BCUT2D eigenvalue weighted by Gasteiger charge is 2.01. The van der Waals surface area contributed by atoms with E-state index in [9.17, 15) is 5.11 Å². The molecule has 0 aromatic carbocycles. The third kappa shape index (κ3) is 4.34. The number of hydrogen-bond donors (Lipinski definition) is 1. The van der Waals surface area contributed by atoms with Crippen LogP contribution in [0.4, 0.5) is 0 Å². The minimum atomic E-state index is -0.355. The van der Waals surface area contributed by atoms with Crippen molar-refractivity contribution in [3.8, 4) is 0 Å². The molecule has 1 N–H and O–H groups in total. The zero-order chi connectivity index (χ0) is 11.1. The lowest BCUT2D eigenvalue weighted by molar-refractivity contribution is 0.199. The average molecular weight is 207 g/mol. The summed E-state index contributed by atoms with van der Waals surface area (Å²) in [6.45, 7) is 6.55. The Balaban J connectivity index is 2.22. The Morgan fingerprint density at radius 3 is 2.87 bits per heavy atom. The van der Waals surface area contributed by atoms with Crippen LogP contribution in [0, 0.1) is 0 Å². The van der Waals surface area contributed by atoms with Gasteiger partial charge in [-0.15, -0.1) is 6.58 Å². The summed E-state index contributed by atoms with van der Waals surface area (Å²) >= 11 is 0. The van der Waals surface area contributed by atoms with Crippen molar-refractivity contribution in [2.75, 3.05) is 0 Å². The van der Waals surface area contributed by atoms with Gasteiger partial charge >= 0.3 is 0 Å². The zero-order valence-corrected chi connectivity index (χ0v) is 9.52. The Morgan fingerprint density at radius 1 is 1.47 bits per heavy atom. The third-order valence-electron chi connectivity index (χ3n) is 2.58. The first kappa shape index (κ1) is 12.1. The molecule has 15 heavy (non-hydrogen) atoms. The quantitative estimate of drug-likeness (QED) is 0.538. The molecule has 0 amide bonds. The molecule has 84 valence electrons. The van der Waals surface area contributed by atoms with Crippen molar-refractivity contribution < 1.29 is 5.11 Å². The van der Waals surface area contributed by atoms with E-state index < -0.39 is 0 Å². The molecular weight excluding hydrogens is 186 g/mol. The standard InChI is InChI=1S/C13H21NO/c1-3-4-5-6-7-9-14-10-8-13(11-14)12(2)15/h3,8,10-12,15H,1,4-7,9H2,2H3. The highest BCUT2D eigenvalue weighted by Crippen LogP contribution is 2.12. The number of aliphatic hydroxyl groups excluding tert-OH is 1. The van der Waals surface area contributed by atoms with Gasteiger partial charge in [-0.1, -0.05) is 12.5 Å². The first-order chi connectivity index (χ1) is 7.24. The summed E-state index contributed by atoms with van der Waals surface area (Å²) in [5, 5.41) is 9.35. The SMILES string of the molecule is C=CCCCCCn1ccc(C(C)O)c1. The highest BCUT2D eigenvalue weighted by atomic mass is 16.3. The molecule has 2 heteroatoms. The van der Waals surface area contributed by atoms with E-state index in [1.54, 1.807) is 6.92 Å². The van der Waals surface area contributed by atoms with Crippen molar-refractivity contribution in [3.63, 3.8) is 0 Å². The summed E-state index contributed by atoms with van der Waals surface area (Å²) < 4.78 is 2.15. The molecule has 0 saturated carbocycles. The summed E-state index contributed by atoms with van der Waals surface area (Å²) in [4.78, 5) is 0. The molecule has 0 aliphatic heterocycles. The number of rotatable bonds is 7. The van der Waals surface area contributed by atoms with Gasteiger partial charge in [-0.25, -0.2) is 0 Å². The van der Waals surface area contributed by atoms with Crippen LogP contribution in [0.25, 0.3) is 0 Å². The highest BCUT2D eigenvalue weighted by molar-refractivity contribution is 5.12. The Bertz CT molecular complexity index is 288. The summed E-state index contributed by atoms with van der Waals surface area (Å²) in [6, 6.07) is 1.98. The number of hydrogen-bond acceptors (Lipinski definition) is 1. The first-order valence-electron chi connectivity index (χ1n) is 5.68. The lowest BCUT2D eigenvalue weighted by atomic mass is 10.2. The van der Waals surface area contributed by atoms with Crippen molar-refractivity contribution in [2.45, 2.75) is 45.3 Å². The molecule has 1 rings (SSSR count). The second-order valence-corrected chi connectivity index (χ2v) is 4.00. The molecule has 0 fully saturated rings. The van der Waals surface area contributed by atoms with Crippen LogP contribution in [0.3, 0.4) is 0 Å². The molecule has 0 radical (unpaired) electrons. The van der Waals surface area contributed by atoms with Crippen molar-refractivity contribution >= 4 is 0 Å². The Morgan fingerprint density at radius 2 is 2.27 bits per heavy atom. The lowest BCUT2D eigenvalue weighted by Gasteiger charge is -2.02. The number of aliphatic hydroxyl groups is 1. The van der Waals surface area contributed by atoms with Gasteiger partial charge in [0, 0.05) is 18.9 Å². The fourth-order valence-corrected chi connectivity index (χ4v) is 1.61. The van der Waals surface area contributed by atoms with E-state index in [2.05, 4.69) is 11.1 Å². The third-order valence-corrected chi connectivity index (χ3v) is 2.58. The maximum absolute atomic E-state index is 9.35. The minimum Gasteiger partial charge on any atom is -0.389 e. The summed E-state index contributed by atoms with van der Waals surface area (Å²) in [5.74, 6) is 0. The smallest absolute Gasteiger partial charge is 0.0776 e. The molecule has 1 unspecified atom stereocenters. The molecule has 2 nitrogen and oxygen atoms in total. The first-order valence-corrected chi connectivity index (χ1v) is 5.68. The van der Waals surface area contributed by atoms with Gasteiger partial charge in [0.2, 0.25) is 0 Å². The monoisotopic (exact) mass is 207 g/mol. The molecule has 0 saturated heterocycles. The van der Waals surface area contributed by atoms with Crippen LogP contribution in [0.1, 0.15) is 44.3 Å². The minimum absolute atomic E-state index is 0.355. The maximum Gasteiger partial charge on any atom is 0.0776 e. The fraction of sp³-hybridized carbons (Fsp3) is 0.538. The molecule has 0 aliphatic rings. The van der Waals surface area contributed by atoms with Crippen molar-refractivity contribution in [1.82, 2.24) is 4.57 Å². The number of aryl methyl sites for hydroxylation is 1. The van der Waals surface area contributed by atoms with E-state index in [1.807, 2.05) is 24.5 Å². The average Bonchev–Trinajstić information content (AvgIpc) is 2.66. The van der Waals surface area contributed by atoms with Crippen LogP contribution < -0.4 is 0 Å². The van der Waals surface area contributed by atoms with E-state index >= 15 is 0 Å². The predicted molar refractivity (Wildman–Crippen MR) is 63.7 cm³/mol. The Hall–Kier alpha value is -1.02. The normalized spacial score (nSPS) is 12.7. The van der Waals surface area contributed by atoms with Gasteiger partial charge in [0.15, 0.2) is 0 Å². The van der Waals surface area contributed by atoms with E-state index in [1.165, 1.54) is 19.3 Å². The largest absolute Gasteiger partial charge is 0.389 e. The van der Waals surface area contributed by atoms with Crippen LogP contribution in [0.5, 0.6) is 0 Å². The molecule has 1 heterocycles. The van der Waals surface area contributed by atoms with E-state index in [0.717, 1.165) is 18.5 Å². The van der Waals surface area contributed by atoms with Gasteiger partial charge in [0.1, 0.15) is 0 Å². The van der Waals surface area contributed by atoms with Crippen LogP contribution in [-0.4, -0.2) is 9.67 Å². The summed E-state index contributed by atoms with van der Waals surface area (Å²) in [5.41, 5.74) is 1.00. The fourth-order valence-electron chi connectivity index (χ4n) is 1.61. The van der Waals surface area contributed by atoms with E-state index in [4.69, 9.17) is 0 Å². The topological polar surface area (TPSA) is 25.2 Å². The van der Waals surface area contributed by atoms with E-state index in [-0.39, 0.29) is 6.10 Å². The molecule has 0 spiro atoms. The van der Waals surface area contributed by atoms with Crippen LogP contribution >= 0.6 is 0 Å². The number of unbranched alkanes of at least 4 members (excludes halogenated alkanes) is 3. The molecule has 0 aliphatic carbocycles. The number of aromatic nitrogens is 1. The summed E-state index contributed by atoms with van der Waals surface area (Å²) in [7, 11) is 0. The Kier molecular flexibility index (Phi) is 5.19. The maximum atomic E-state index is 9.35. The molecular formula is C13H21NO. The van der Waals surface area contributed by atoms with Gasteiger partial charge in [-0.2, -0.15) is 0 Å². The van der Waals surface area contributed by atoms with Gasteiger partial charge in [0.25, 0.3) is 0 Å². The molecule has 1 atom stereocenters. The van der Waals surface area contributed by atoms with Gasteiger partial charge in [-0.05, 0) is 37.8 Å². The second-order valence-electron chi connectivity index (χ2n) is 4.00. The van der Waals surface area contributed by atoms with Gasteiger partial charge in [0.05, 0.1) is 6.10 Å². The van der Waals surface area contributed by atoms with Gasteiger partial charge in [-0.3, -0.25) is 0 Å². The second kappa shape index (κ2) is 6.46.